The first-order chi connectivity index (χ1) is 8.71. The number of aryl methyl sites for hydroxylation is 1. The Balaban J connectivity index is 3.24. The minimum Gasteiger partial charge on any atom is -0.398 e. The van der Waals surface area contributed by atoms with Crippen LogP contribution < -0.4 is 5.73 Å². The number of sulfonamides is 1. The molecule has 0 spiro atoms. The molecule has 0 saturated carbocycles. The minimum absolute atomic E-state index is 0.0164. The van der Waals surface area contributed by atoms with Gasteiger partial charge >= 0.3 is 0 Å². The molecule has 19 heavy (non-hydrogen) atoms. The molecule has 1 unspecified atom stereocenters. The Labute approximate surface area is 119 Å². The molecule has 1 aromatic rings. The van der Waals surface area contributed by atoms with Crippen molar-refractivity contribution in [3.8, 4) is 0 Å². The largest absolute Gasteiger partial charge is 0.398 e. The number of nitrogens with zero attached hydrogens (tertiary/aromatic N) is 1. The lowest BCUT2D eigenvalue weighted by atomic mass is 10.2. The van der Waals surface area contributed by atoms with E-state index in [1.54, 1.807) is 19.9 Å². The number of halogens is 1. The molecule has 1 rings (SSSR count). The standard InChI is InChI=1S/C12H19ClN2O3S/c1-8-5-10(13)12(6-11(8)14)19(16,17)15(3)9(2)7-18-4/h5-6,9H,7,14H2,1-4H3. The van der Waals surface area contributed by atoms with Crippen LogP contribution in [0.4, 0.5) is 5.69 Å². The molecular weight excluding hydrogens is 288 g/mol. The first-order valence-corrected chi connectivity index (χ1v) is 7.56. The van der Waals surface area contributed by atoms with Crippen LogP contribution in [0, 0.1) is 6.92 Å². The van der Waals surface area contributed by atoms with Gasteiger partial charge in [-0.1, -0.05) is 11.6 Å². The highest BCUT2D eigenvalue weighted by Gasteiger charge is 2.28. The molecular formula is C12H19ClN2O3S. The molecule has 0 radical (unpaired) electrons. The number of rotatable bonds is 5. The van der Waals surface area contributed by atoms with Gasteiger partial charge in [-0.3, -0.25) is 0 Å². The van der Waals surface area contributed by atoms with E-state index < -0.39 is 10.0 Å². The van der Waals surface area contributed by atoms with Crippen LogP contribution in [-0.2, 0) is 14.8 Å². The van der Waals surface area contributed by atoms with E-state index in [0.29, 0.717) is 12.3 Å². The number of ether oxygens (including phenoxy) is 1. The van der Waals surface area contributed by atoms with Crippen molar-refractivity contribution in [2.75, 3.05) is 26.5 Å². The monoisotopic (exact) mass is 306 g/mol. The van der Waals surface area contributed by atoms with E-state index in [0.717, 1.165) is 5.56 Å². The van der Waals surface area contributed by atoms with Gasteiger partial charge in [-0.05, 0) is 31.5 Å². The second-order valence-corrected chi connectivity index (χ2v) is 6.84. The summed E-state index contributed by atoms with van der Waals surface area (Å²) in [4.78, 5) is 0.0164. The summed E-state index contributed by atoms with van der Waals surface area (Å²) in [6.45, 7) is 3.83. The van der Waals surface area contributed by atoms with E-state index in [9.17, 15) is 8.42 Å². The maximum atomic E-state index is 12.5. The van der Waals surface area contributed by atoms with Gasteiger partial charge in [-0.25, -0.2) is 8.42 Å². The third kappa shape index (κ3) is 3.39. The summed E-state index contributed by atoms with van der Waals surface area (Å²) in [6.07, 6.45) is 0. The van der Waals surface area contributed by atoms with Crippen LogP contribution in [0.15, 0.2) is 17.0 Å². The Bertz CT molecular complexity index is 560. The Hall–Kier alpha value is -0.820. The molecule has 2 N–H and O–H groups in total. The molecule has 0 saturated heterocycles. The van der Waals surface area contributed by atoms with Gasteiger partial charge in [0.2, 0.25) is 10.0 Å². The molecule has 0 bridgehead atoms. The van der Waals surface area contributed by atoms with Gasteiger partial charge in [0.25, 0.3) is 0 Å². The molecule has 0 aliphatic heterocycles. The maximum Gasteiger partial charge on any atom is 0.244 e. The van der Waals surface area contributed by atoms with Crippen molar-refractivity contribution >= 4 is 27.3 Å². The number of hydrogen-bond donors (Lipinski definition) is 1. The molecule has 5 nitrogen and oxygen atoms in total. The Morgan fingerprint density at radius 3 is 2.58 bits per heavy atom. The highest BCUT2D eigenvalue weighted by atomic mass is 35.5. The van der Waals surface area contributed by atoms with Crippen LogP contribution in [0.5, 0.6) is 0 Å². The van der Waals surface area contributed by atoms with Crippen LogP contribution in [0.2, 0.25) is 5.02 Å². The highest BCUT2D eigenvalue weighted by molar-refractivity contribution is 7.89. The minimum atomic E-state index is -3.69. The van der Waals surface area contributed by atoms with Gasteiger partial charge in [0.1, 0.15) is 4.90 Å². The number of nitrogen functional groups attached to an aromatic ring is 1. The van der Waals surface area contributed by atoms with Crippen molar-refractivity contribution in [2.24, 2.45) is 0 Å². The van der Waals surface area contributed by atoms with Gasteiger partial charge in [0.15, 0.2) is 0 Å². The fourth-order valence-corrected chi connectivity index (χ4v) is 3.54. The molecule has 0 aliphatic rings. The van der Waals surface area contributed by atoms with Gasteiger partial charge in [0.05, 0.1) is 11.6 Å². The van der Waals surface area contributed by atoms with Crippen LogP contribution in [-0.4, -0.2) is 39.5 Å². The van der Waals surface area contributed by atoms with Gasteiger partial charge in [-0.2, -0.15) is 4.31 Å². The molecule has 7 heteroatoms. The smallest absolute Gasteiger partial charge is 0.244 e. The van der Waals surface area contributed by atoms with E-state index in [1.165, 1.54) is 24.5 Å². The maximum absolute atomic E-state index is 12.5. The van der Waals surface area contributed by atoms with E-state index in [1.807, 2.05) is 0 Å². The lowest BCUT2D eigenvalue weighted by Gasteiger charge is -2.24. The van der Waals surface area contributed by atoms with Gasteiger partial charge in [0, 0.05) is 25.9 Å². The molecule has 0 aliphatic carbocycles. The third-order valence-corrected chi connectivity index (χ3v) is 5.44. The van der Waals surface area contributed by atoms with Gasteiger partial charge < -0.3 is 10.5 Å². The molecule has 0 heterocycles. The number of benzene rings is 1. The van der Waals surface area contributed by atoms with E-state index in [2.05, 4.69) is 0 Å². The van der Waals surface area contributed by atoms with Crippen molar-refractivity contribution in [3.05, 3.63) is 22.7 Å². The Morgan fingerprint density at radius 1 is 1.47 bits per heavy atom. The normalized spacial score (nSPS) is 13.8. The zero-order chi connectivity index (χ0) is 14.8. The zero-order valence-corrected chi connectivity index (χ0v) is 13.0. The Kier molecular flexibility index (Phi) is 5.20. The lowest BCUT2D eigenvalue weighted by Crippen LogP contribution is -2.37. The summed E-state index contributed by atoms with van der Waals surface area (Å²) in [6, 6.07) is 2.65. The molecule has 0 fully saturated rings. The van der Waals surface area contributed by atoms with Crippen molar-refractivity contribution in [2.45, 2.75) is 24.8 Å². The average Bonchev–Trinajstić information content (AvgIpc) is 2.32. The predicted molar refractivity (Wildman–Crippen MR) is 76.9 cm³/mol. The first-order valence-electron chi connectivity index (χ1n) is 5.74. The summed E-state index contributed by atoms with van der Waals surface area (Å²) >= 11 is 6.02. The summed E-state index contributed by atoms with van der Waals surface area (Å²) in [5.41, 5.74) is 6.90. The summed E-state index contributed by atoms with van der Waals surface area (Å²) in [5, 5.41) is 0.170. The molecule has 0 aromatic heterocycles. The lowest BCUT2D eigenvalue weighted by molar-refractivity contribution is 0.149. The average molecular weight is 307 g/mol. The van der Waals surface area contributed by atoms with Gasteiger partial charge in [-0.15, -0.1) is 0 Å². The topological polar surface area (TPSA) is 72.6 Å². The number of likely N-dealkylation sites (N-methyl/N-ethyl adjacent to an activating group) is 1. The zero-order valence-electron chi connectivity index (χ0n) is 11.5. The Morgan fingerprint density at radius 2 is 2.05 bits per heavy atom. The van der Waals surface area contributed by atoms with Crippen molar-refractivity contribution in [3.63, 3.8) is 0 Å². The van der Waals surface area contributed by atoms with E-state index in [-0.39, 0.29) is 16.0 Å². The third-order valence-electron chi connectivity index (χ3n) is 3.01. The van der Waals surface area contributed by atoms with Crippen molar-refractivity contribution in [1.82, 2.24) is 4.31 Å². The van der Waals surface area contributed by atoms with Crippen LogP contribution in [0.1, 0.15) is 12.5 Å². The SMILES string of the molecule is COCC(C)N(C)S(=O)(=O)c1cc(N)c(C)cc1Cl. The summed E-state index contributed by atoms with van der Waals surface area (Å²) < 4.78 is 31.1. The van der Waals surface area contributed by atoms with Crippen molar-refractivity contribution in [1.29, 1.82) is 0 Å². The van der Waals surface area contributed by atoms with Crippen molar-refractivity contribution < 1.29 is 13.2 Å². The molecule has 108 valence electrons. The second kappa shape index (κ2) is 6.09. The summed E-state index contributed by atoms with van der Waals surface area (Å²) in [7, 11) is -0.676. The highest BCUT2D eigenvalue weighted by Crippen LogP contribution is 2.29. The van der Waals surface area contributed by atoms with Crippen LogP contribution in [0.25, 0.3) is 0 Å². The fraction of sp³-hybridized carbons (Fsp3) is 0.500. The number of nitrogens with two attached hydrogens (primary N) is 1. The molecule has 1 aromatic carbocycles. The summed E-state index contributed by atoms with van der Waals surface area (Å²) in [5.74, 6) is 0. The number of anilines is 1. The first kappa shape index (κ1) is 16.2. The fourth-order valence-electron chi connectivity index (χ4n) is 1.60. The predicted octanol–water partition coefficient (Wildman–Crippen LogP) is 1.89. The molecule has 0 amide bonds. The van der Waals surface area contributed by atoms with E-state index >= 15 is 0 Å². The second-order valence-electron chi connectivity index (χ2n) is 4.46. The van der Waals surface area contributed by atoms with E-state index in [4.69, 9.17) is 22.1 Å². The number of hydrogen-bond acceptors (Lipinski definition) is 4. The van der Waals surface area contributed by atoms with Crippen LogP contribution in [0.3, 0.4) is 0 Å². The quantitative estimate of drug-likeness (QED) is 0.843. The number of methoxy groups -OCH3 is 1. The molecule has 1 atom stereocenters. The van der Waals surface area contributed by atoms with Crippen LogP contribution >= 0.6 is 11.6 Å².